The number of hydrogen-bond acceptors (Lipinski definition) is 5. The van der Waals surface area contributed by atoms with Gasteiger partial charge >= 0.3 is 0 Å². The molecule has 2 saturated heterocycles. The first-order valence-electron chi connectivity index (χ1n) is 9.00. The standard InChI is InChI=1S/C18H24N4O2S/c23-25(24)13-5-16(6-14-25)21-10-3-17(4-11-21)22-12-9-20-18(22)15-1-7-19-8-2-15/h1-2,7-9,12,16-17H,3-6,10-11,13-14H2. The fourth-order valence-corrected chi connectivity index (χ4v) is 5.57. The highest BCUT2D eigenvalue weighted by atomic mass is 32.2. The lowest BCUT2D eigenvalue weighted by molar-refractivity contribution is 0.127. The van der Waals surface area contributed by atoms with E-state index in [9.17, 15) is 8.42 Å². The molecule has 0 atom stereocenters. The predicted molar refractivity (Wildman–Crippen MR) is 97.0 cm³/mol. The lowest BCUT2D eigenvalue weighted by atomic mass is 10.00. The van der Waals surface area contributed by atoms with Gasteiger partial charge in [-0.05, 0) is 37.8 Å². The summed E-state index contributed by atoms with van der Waals surface area (Å²) < 4.78 is 25.5. The van der Waals surface area contributed by atoms with Crippen LogP contribution in [-0.4, -0.2) is 58.5 Å². The van der Waals surface area contributed by atoms with Gasteiger partial charge in [-0.1, -0.05) is 0 Å². The Hall–Kier alpha value is -1.73. The van der Waals surface area contributed by atoms with E-state index in [2.05, 4.69) is 25.6 Å². The van der Waals surface area contributed by atoms with Gasteiger partial charge in [0.1, 0.15) is 15.7 Å². The van der Waals surface area contributed by atoms with Gasteiger partial charge in [0, 0.05) is 55.5 Å². The zero-order chi connectivity index (χ0) is 17.3. The van der Waals surface area contributed by atoms with Crippen molar-refractivity contribution in [3.05, 3.63) is 36.9 Å². The van der Waals surface area contributed by atoms with Crippen molar-refractivity contribution < 1.29 is 8.42 Å². The van der Waals surface area contributed by atoms with Gasteiger partial charge in [0.25, 0.3) is 0 Å². The van der Waals surface area contributed by atoms with Gasteiger partial charge in [0.2, 0.25) is 0 Å². The van der Waals surface area contributed by atoms with Gasteiger partial charge in [-0.3, -0.25) is 4.98 Å². The van der Waals surface area contributed by atoms with Crippen molar-refractivity contribution in [1.29, 1.82) is 0 Å². The number of piperidine rings is 1. The molecule has 0 aliphatic carbocycles. The molecular formula is C18H24N4O2S. The molecule has 2 aliphatic rings. The molecule has 0 aromatic carbocycles. The van der Waals surface area contributed by atoms with Crippen LogP contribution < -0.4 is 0 Å². The molecule has 0 N–H and O–H groups in total. The summed E-state index contributed by atoms with van der Waals surface area (Å²) in [7, 11) is -2.78. The maximum absolute atomic E-state index is 11.6. The Morgan fingerprint density at radius 2 is 1.60 bits per heavy atom. The normalized spacial score (nSPS) is 22.9. The lowest BCUT2D eigenvalue weighted by Gasteiger charge is -2.39. The van der Waals surface area contributed by atoms with Crippen molar-refractivity contribution >= 4 is 9.84 Å². The monoisotopic (exact) mass is 360 g/mol. The SMILES string of the molecule is O=S1(=O)CCC(N2CCC(n3ccnc3-c3ccncc3)CC2)CC1. The van der Waals surface area contributed by atoms with Crippen molar-refractivity contribution in [3.63, 3.8) is 0 Å². The van der Waals surface area contributed by atoms with E-state index in [1.54, 1.807) is 12.4 Å². The van der Waals surface area contributed by atoms with Crippen LogP contribution in [0.1, 0.15) is 31.7 Å². The Balaban J connectivity index is 1.41. The number of sulfone groups is 1. The van der Waals surface area contributed by atoms with E-state index >= 15 is 0 Å². The third-order valence-electron chi connectivity index (χ3n) is 5.54. The molecule has 2 fully saturated rings. The zero-order valence-corrected chi connectivity index (χ0v) is 15.1. The van der Waals surface area contributed by atoms with Gasteiger partial charge < -0.3 is 9.47 Å². The zero-order valence-electron chi connectivity index (χ0n) is 14.3. The van der Waals surface area contributed by atoms with Crippen molar-refractivity contribution in [2.45, 2.75) is 37.8 Å². The van der Waals surface area contributed by atoms with Crippen molar-refractivity contribution in [1.82, 2.24) is 19.4 Å². The van der Waals surface area contributed by atoms with Crippen molar-refractivity contribution in [2.75, 3.05) is 24.6 Å². The summed E-state index contributed by atoms with van der Waals surface area (Å²) in [4.78, 5) is 11.1. The van der Waals surface area contributed by atoms with E-state index in [0.717, 1.165) is 50.2 Å². The number of hydrogen-bond donors (Lipinski definition) is 0. The van der Waals surface area contributed by atoms with Crippen LogP contribution in [0, 0.1) is 0 Å². The van der Waals surface area contributed by atoms with E-state index in [4.69, 9.17) is 0 Å². The lowest BCUT2D eigenvalue weighted by Crippen LogP contribution is -2.45. The molecule has 25 heavy (non-hydrogen) atoms. The summed E-state index contributed by atoms with van der Waals surface area (Å²) in [6.07, 6.45) is 11.3. The first kappa shape index (κ1) is 16.7. The van der Waals surface area contributed by atoms with E-state index in [-0.39, 0.29) is 0 Å². The molecule has 0 radical (unpaired) electrons. The van der Waals surface area contributed by atoms with Crippen LogP contribution in [0.2, 0.25) is 0 Å². The third-order valence-corrected chi connectivity index (χ3v) is 7.26. The summed E-state index contributed by atoms with van der Waals surface area (Å²) in [6, 6.07) is 4.88. The van der Waals surface area contributed by atoms with E-state index in [0.29, 0.717) is 23.6 Å². The highest BCUT2D eigenvalue weighted by Gasteiger charge is 2.31. The second kappa shape index (κ2) is 6.88. The van der Waals surface area contributed by atoms with Crippen LogP contribution in [0.3, 0.4) is 0 Å². The maximum atomic E-state index is 11.6. The number of nitrogens with zero attached hydrogens (tertiary/aromatic N) is 4. The van der Waals surface area contributed by atoms with Gasteiger partial charge in [-0.25, -0.2) is 13.4 Å². The van der Waals surface area contributed by atoms with Gasteiger partial charge in [-0.2, -0.15) is 0 Å². The molecule has 0 amide bonds. The molecule has 7 heteroatoms. The molecular weight excluding hydrogens is 336 g/mol. The summed E-state index contributed by atoms with van der Waals surface area (Å²) in [5.41, 5.74) is 1.10. The Labute approximate surface area is 148 Å². The minimum Gasteiger partial charge on any atom is -0.328 e. The molecule has 0 saturated carbocycles. The number of likely N-dealkylation sites (tertiary alicyclic amines) is 1. The van der Waals surface area contributed by atoms with E-state index < -0.39 is 9.84 Å². The van der Waals surface area contributed by atoms with Crippen LogP contribution in [-0.2, 0) is 9.84 Å². The van der Waals surface area contributed by atoms with Crippen molar-refractivity contribution in [3.8, 4) is 11.4 Å². The summed E-state index contributed by atoms with van der Waals surface area (Å²) in [5.74, 6) is 1.71. The van der Waals surface area contributed by atoms with Gasteiger partial charge in [0.05, 0.1) is 11.5 Å². The largest absolute Gasteiger partial charge is 0.328 e. The maximum Gasteiger partial charge on any atom is 0.150 e. The number of pyridine rings is 1. The summed E-state index contributed by atoms with van der Waals surface area (Å²) >= 11 is 0. The minimum atomic E-state index is -2.78. The first-order chi connectivity index (χ1) is 12.1. The highest BCUT2D eigenvalue weighted by Crippen LogP contribution is 2.30. The smallest absolute Gasteiger partial charge is 0.150 e. The Bertz CT molecular complexity index is 797. The number of rotatable bonds is 3. The fourth-order valence-electron chi connectivity index (χ4n) is 4.10. The molecule has 4 rings (SSSR count). The molecule has 4 heterocycles. The second-order valence-corrected chi connectivity index (χ2v) is 9.35. The molecule has 2 aliphatic heterocycles. The average molecular weight is 360 g/mol. The molecule has 6 nitrogen and oxygen atoms in total. The molecule has 134 valence electrons. The number of imidazole rings is 1. The Morgan fingerprint density at radius 3 is 2.28 bits per heavy atom. The molecule has 0 bridgehead atoms. The molecule has 0 unspecified atom stereocenters. The molecule has 2 aromatic rings. The topological polar surface area (TPSA) is 68.1 Å². The Morgan fingerprint density at radius 1 is 0.920 bits per heavy atom. The first-order valence-corrected chi connectivity index (χ1v) is 10.8. The summed E-state index contributed by atoms with van der Waals surface area (Å²) in [5, 5.41) is 0. The number of aromatic nitrogens is 3. The predicted octanol–water partition coefficient (Wildman–Crippen LogP) is 2.16. The fraction of sp³-hybridized carbons (Fsp3) is 0.556. The highest BCUT2D eigenvalue weighted by molar-refractivity contribution is 7.91. The van der Waals surface area contributed by atoms with Gasteiger partial charge in [0.15, 0.2) is 0 Å². The van der Waals surface area contributed by atoms with Crippen LogP contribution in [0.5, 0.6) is 0 Å². The quantitative estimate of drug-likeness (QED) is 0.839. The molecule has 2 aromatic heterocycles. The van der Waals surface area contributed by atoms with Crippen LogP contribution >= 0.6 is 0 Å². The van der Waals surface area contributed by atoms with E-state index in [1.807, 2.05) is 18.3 Å². The minimum absolute atomic E-state index is 0.352. The van der Waals surface area contributed by atoms with Crippen LogP contribution in [0.25, 0.3) is 11.4 Å². The van der Waals surface area contributed by atoms with E-state index in [1.165, 1.54) is 0 Å². The van der Waals surface area contributed by atoms with Crippen LogP contribution in [0.4, 0.5) is 0 Å². The van der Waals surface area contributed by atoms with Crippen molar-refractivity contribution in [2.24, 2.45) is 0 Å². The Kier molecular flexibility index (Phi) is 4.60. The summed E-state index contributed by atoms with van der Waals surface area (Å²) in [6.45, 7) is 2.06. The van der Waals surface area contributed by atoms with Crippen LogP contribution in [0.15, 0.2) is 36.9 Å². The third kappa shape index (κ3) is 3.62. The molecule has 0 spiro atoms. The van der Waals surface area contributed by atoms with Gasteiger partial charge in [-0.15, -0.1) is 0 Å². The average Bonchev–Trinajstić information content (AvgIpc) is 3.12. The second-order valence-electron chi connectivity index (χ2n) is 7.04.